The highest BCUT2D eigenvalue weighted by Gasteiger charge is 2.41. The van der Waals surface area contributed by atoms with Crippen LogP contribution in [0.5, 0.6) is 5.75 Å². The van der Waals surface area contributed by atoms with E-state index in [0.717, 1.165) is 37.4 Å². The van der Waals surface area contributed by atoms with E-state index in [-0.39, 0.29) is 30.5 Å². The Labute approximate surface area is 286 Å². The van der Waals surface area contributed by atoms with Gasteiger partial charge in [0.15, 0.2) is 17.0 Å². The average Bonchev–Trinajstić information content (AvgIpc) is 3.40. The second-order valence-corrected chi connectivity index (χ2v) is 11.7. The smallest absolute Gasteiger partial charge is 0.481 e. The SMILES string of the molecule is CN1CCN(c2ccc(OC(F)(F)F)c(Nc3ncc4c(n3)-c3c(c(C(N)=O)nn3CCO)CC4)c2)CC1.O=C(O)CC(O)(CC(=O)O)C(=O)O. The van der Waals surface area contributed by atoms with Crippen LogP contribution in [0.3, 0.4) is 0 Å². The summed E-state index contributed by atoms with van der Waals surface area (Å²) >= 11 is 0. The molecule has 2 aliphatic rings. The van der Waals surface area contributed by atoms with Crippen LogP contribution < -0.4 is 20.7 Å². The quantitative estimate of drug-likeness (QED) is 0.135. The number of halogens is 3. The third-order valence-electron chi connectivity index (χ3n) is 7.92. The molecule has 1 aliphatic heterocycles. The molecule has 276 valence electrons. The topological polar surface area (TPSA) is 267 Å². The molecule has 5 rings (SSSR count). The average molecular weight is 725 g/mol. The van der Waals surface area contributed by atoms with Crippen molar-refractivity contribution in [1.82, 2.24) is 24.6 Å². The lowest BCUT2D eigenvalue weighted by molar-refractivity contribution is -0.274. The zero-order valence-electron chi connectivity index (χ0n) is 27.1. The molecule has 1 aromatic carbocycles. The molecule has 1 aliphatic carbocycles. The van der Waals surface area contributed by atoms with Crippen LogP contribution in [-0.2, 0) is 33.8 Å². The number of aryl methyl sites for hydroxylation is 1. The number of rotatable bonds is 12. The minimum Gasteiger partial charge on any atom is -0.481 e. The highest BCUT2D eigenvalue weighted by atomic mass is 19.4. The Balaban J connectivity index is 0.000000383. The number of piperazine rings is 1. The number of ether oxygens (including phenoxy) is 1. The minimum absolute atomic E-state index is 0.0384. The molecule has 0 bridgehead atoms. The van der Waals surface area contributed by atoms with Crippen molar-refractivity contribution >= 4 is 41.1 Å². The van der Waals surface area contributed by atoms with Gasteiger partial charge in [0.2, 0.25) is 5.95 Å². The van der Waals surface area contributed by atoms with Gasteiger partial charge in [-0.25, -0.2) is 14.8 Å². The first kappa shape index (κ1) is 38.3. The zero-order chi connectivity index (χ0) is 37.7. The summed E-state index contributed by atoms with van der Waals surface area (Å²) in [6.07, 6.45) is -4.58. The Kier molecular flexibility index (Phi) is 11.7. The number of aromatic nitrogens is 4. The number of nitrogens with one attached hydrogen (secondary N) is 1. The van der Waals surface area contributed by atoms with Gasteiger partial charge in [0.05, 0.1) is 43.1 Å². The molecule has 3 aromatic rings. The number of hydrogen-bond acceptors (Lipinski definition) is 13. The molecule has 0 unspecified atom stereocenters. The number of primary amides is 1. The number of likely N-dealkylation sites (N-methyl/N-ethyl adjacent to an activating group) is 1. The van der Waals surface area contributed by atoms with Crippen molar-refractivity contribution in [2.45, 2.75) is 44.2 Å². The van der Waals surface area contributed by atoms with Gasteiger partial charge >= 0.3 is 24.3 Å². The second-order valence-electron chi connectivity index (χ2n) is 11.7. The summed E-state index contributed by atoms with van der Waals surface area (Å²) in [6, 6.07) is 4.45. The normalized spacial score (nSPS) is 14.4. The zero-order valence-corrected chi connectivity index (χ0v) is 27.1. The van der Waals surface area contributed by atoms with Gasteiger partial charge in [-0.1, -0.05) is 0 Å². The number of aliphatic carboxylic acids is 3. The van der Waals surface area contributed by atoms with Crippen molar-refractivity contribution < 1.29 is 62.6 Å². The number of alkyl halides is 3. The van der Waals surface area contributed by atoms with Gasteiger partial charge < -0.3 is 51.1 Å². The molecule has 3 heterocycles. The number of aliphatic hydroxyl groups excluding tert-OH is 1. The number of carbonyl (C=O) groups is 4. The van der Waals surface area contributed by atoms with Crippen LogP contribution in [0.25, 0.3) is 11.4 Å². The fourth-order valence-corrected chi connectivity index (χ4v) is 5.50. The summed E-state index contributed by atoms with van der Waals surface area (Å²) in [5, 5.41) is 50.5. The van der Waals surface area contributed by atoms with Crippen LogP contribution in [0, 0.1) is 0 Å². The number of benzene rings is 1. The molecule has 21 heteroatoms. The number of nitrogens with two attached hydrogens (primary N) is 1. The van der Waals surface area contributed by atoms with Crippen molar-refractivity contribution in [1.29, 1.82) is 0 Å². The van der Waals surface area contributed by atoms with Crippen LogP contribution in [0.15, 0.2) is 24.4 Å². The van der Waals surface area contributed by atoms with Gasteiger partial charge in [-0.3, -0.25) is 19.1 Å². The lowest BCUT2D eigenvalue weighted by atomic mass is 9.93. The maximum absolute atomic E-state index is 13.2. The number of anilines is 3. The summed E-state index contributed by atoms with van der Waals surface area (Å²) in [5.41, 5.74) is 6.05. The highest BCUT2D eigenvalue weighted by Crippen LogP contribution is 2.38. The number of carboxylic acid groups (broad SMARTS) is 3. The molecule has 1 saturated heterocycles. The van der Waals surface area contributed by atoms with E-state index in [2.05, 4.69) is 34.9 Å². The van der Waals surface area contributed by atoms with E-state index in [1.165, 1.54) is 10.7 Å². The molecule has 0 atom stereocenters. The van der Waals surface area contributed by atoms with Crippen LogP contribution in [-0.4, -0.2) is 126 Å². The van der Waals surface area contributed by atoms with E-state index < -0.39 is 54.4 Å². The van der Waals surface area contributed by atoms with E-state index in [9.17, 15) is 37.5 Å². The van der Waals surface area contributed by atoms with E-state index in [1.54, 1.807) is 18.3 Å². The first-order valence-corrected chi connectivity index (χ1v) is 15.3. The molecule has 2 aromatic heterocycles. The number of amides is 1. The van der Waals surface area contributed by atoms with Crippen molar-refractivity contribution in [2.24, 2.45) is 5.73 Å². The van der Waals surface area contributed by atoms with Gasteiger partial charge in [-0.15, -0.1) is 13.2 Å². The van der Waals surface area contributed by atoms with Gasteiger partial charge in [-0.2, -0.15) is 5.10 Å². The number of carbonyl (C=O) groups excluding carboxylic acids is 1. The van der Waals surface area contributed by atoms with E-state index >= 15 is 0 Å². The molecular weight excluding hydrogens is 689 g/mol. The number of hydrogen-bond donors (Lipinski definition) is 7. The number of carboxylic acids is 3. The molecule has 0 radical (unpaired) electrons. The largest absolute Gasteiger partial charge is 0.573 e. The van der Waals surface area contributed by atoms with Gasteiger partial charge in [-0.05, 0) is 43.7 Å². The number of fused-ring (bicyclic) bond motifs is 3. The Bertz CT molecular complexity index is 1780. The number of nitrogens with zero attached hydrogens (tertiary/aromatic N) is 6. The highest BCUT2D eigenvalue weighted by molar-refractivity contribution is 5.94. The third-order valence-corrected chi connectivity index (χ3v) is 7.92. The molecule has 0 saturated carbocycles. The molecular formula is C30H35F3N8O10. The summed E-state index contributed by atoms with van der Waals surface area (Å²) in [6.45, 7) is 2.99. The van der Waals surface area contributed by atoms with Crippen LogP contribution in [0.4, 0.5) is 30.5 Å². The van der Waals surface area contributed by atoms with Gasteiger partial charge in [0.1, 0.15) is 0 Å². The summed E-state index contributed by atoms with van der Waals surface area (Å²) in [7, 11) is 2.02. The first-order valence-electron chi connectivity index (χ1n) is 15.3. The lowest BCUT2D eigenvalue weighted by Gasteiger charge is -2.34. The molecule has 1 fully saturated rings. The Morgan fingerprint density at radius 1 is 1.02 bits per heavy atom. The standard InChI is InChI=1S/C24H27F3N8O3.C6H8O7/c1-33-6-8-34(9-7-33)15-3-5-18(38-24(25,26)27)17(12-15)30-23-29-13-14-2-4-16-20(22(28)37)32-35(10-11-36)21(16)19(14)31-23;7-3(8)1-6(13,5(11)12)2-4(9)10/h3,5,12-13,36H,2,4,6-11H2,1H3,(H2,28,37)(H,29,30,31);13H,1-2H2,(H,7,8)(H,9,10)(H,11,12). The van der Waals surface area contributed by atoms with E-state index in [1.807, 2.05) is 7.05 Å². The van der Waals surface area contributed by atoms with Crippen molar-refractivity contribution in [2.75, 3.05) is 50.1 Å². The van der Waals surface area contributed by atoms with Crippen LogP contribution >= 0.6 is 0 Å². The Hall–Kier alpha value is -5.54. The maximum atomic E-state index is 13.2. The lowest BCUT2D eigenvalue weighted by Crippen LogP contribution is -2.44. The summed E-state index contributed by atoms with van der Waals surface area (Å²) in [4.78, 5) is 55.6. The van der Waals surface area contributed by atoms with E-state index in [0.29, 0.717) is 29.8 Å². The molecule has 1 amide bonds. The molecule has 51 heavy (non-hydrogen) atoms. The minimum atomic E-state index is -4.89. The molecule has 0 spiro atoms. The van der Waals surface area contributed by atoms with E-state index in [4.69, 9.17) is 26.2 Å². The second kappa shape index (κ2) is 15.6. The predicted octanol–water partition coefficient (Wildman–Crippen LogP) is 0.675. The Morgan fingerprint density at radius 3 is 2.22 bits per heavy atom. The Morgan fingerprint density at radius 2 is 1.67 bits per heavy atom. The monoisotopic (exact) mass is 724 g/mol. The van der Waals surface area contributed by atoms with Crippen molar-refractivity contribution in [3.63, 3.8) is 0 Å². The predicted molar refractivity (Wildman–Crippen MR) is 169 cm³/mol. The van der Waals surface area contributed by atoms with Crippen LogP contribution in [0.2, 0.25) is 0 Å². The third kappa shape index (κ3) is 9.58. The fraction of sp³-hybridized carbons (Fsp3) is 0.433. The maximum Gasteiger partial charge on any atom is 0.573 e. The van der Waals surface area contributed by atoms with Gasteiger partial charge in [0.25, 0.3) is 5.91 Å². The van der Waals surface area contributed by atoms with Crippen LogP contribution in [0.1, 0.15) is 34.5 Å². The number of aliphatic hydroxyl groups is 2. The first-order chi connectivity index (χ1) is 23.9. The van der Waals surface area contributed by atoms with Crippen molar-refractivity contribution in [3.8, 4) is 17.1 Å². The van der Waals surface area contributed by atoms with Gasteiger partial charge in [0, 0.05) is 43.6 Å². The summed E-state index contributed by atoms with van der Waals surface area (Å²) < 4.78 is 45.2. The molecule has 8 N–H and O–H groups in total. The fourth-order valence-electron chi connectivity index (χ4n) is 5.50. The summed E-state index contributed by atoms with van der Waals surface area (Å²) in [5.74, 6) is -6.09. The molecule has 18 nitrogen and oxygen atoms in total. The van der Waals surface area contributed by atoms with Crippen molar-refractivity contribution in [3.05, 3.63) is 41.2 Å².